The van der Waals surface area contributed by atoms with Crippen molar-refractivity contribution in [2.75, 3.05) is 13.2 Å². The van der Waals surface area contributed by atoms with Gasteiger partial charge in [-0.2, -0.15) is 18.3 Å². The number of aryl methyl sites for hydroxylation is 2. The Labute approximate surface area is 162 Å². The monoisotopic (exact) mass is 397 g/mol. The highest BCUT2D eigenvalue weighted by Crippen LogP contribution is 2.22. The van der Waals surface area contributed by atoms with Crippen molar-refractivity contribution in [3.05, 3.63) is 46.8 Å². The van der Waals surface area contributed by atoms with Crippen LogP contribution in [0, 0.1) is 13.8 Å². The number of ether oxygens (including phenoxy) is 1. The maximum atomic E-state index is 12.4. The van der Waals surface area contributed by atoms with Gasteiger partial charge in [-0.05, 0) is 26.8 Å². The number of hydrogen-bond donors (Lipinski definition) is 2. The van der Waals surface area contributed by atoms with Gasteiger partial charge in [-0.1, -0.05) is 18.2 Å². The predicted molar refractivity (Wildman–Crippen MR) is 102 cm³/mol. The standard InChI is InChI=1S/C19H26F3N5O/c1-5-23-18(25-11-16-13(2)26-27(4)14(16)3)24-10-15-8-6-7-9-17(15)28-12-19(20,21)22/h6-9H,5,10-12H2,1-4H3,(H2,23,24,25). The Kier molecular flexibility index (Phi) is 7.31. The molecule has 2 rings (SSSR count). The van der Waals surface area contributed by atoms with Gasteiger partial charge in [0.05, 0.1) is 12.2 Å². The second-order valence-corrected chi connectivity index (χ2v) is 6.33. The van der Waals surface area contributed by atoms with Crippen LogP contribution in [0.25, 0.3) is 0 Å². The van der Waals surface area contributed by atoms with Crippen molar-refractivity contribution in [2.45, 2.75) is 40.0 Å². The molecule has 0 atom stereocenters. The first-order valence-electron chi connectivity index (χ1n) is 9.00. The van der Waals surface area contributed by atoms with Gasteiger partial charge in [0, 0.05) is 37.0 Å². The van der Waals surface area contributed by atoms with E-state index in [4.69, 9.17) is 4.74 Å². The van der Waals surface area contributed by atoms with Crippen LogP contribution in [0.4, 0.5) is 13.2 Å². The van der Waals surface area contributed by atoms with Crippen LogP contribution in [-0.4, -0.2) is 35.1 Å². The Morgan fingerprint density at radius 2 is 1.93 bits per heavy atom. The number of rotatable bonds is 7. The highest BCUT2D eigenvalue weighted by atomic mass is 19.4. The third-order valence-electron chi connectivity index (χ3n) is 4.21. The van der Waals surface area contributed by atoms with Crippen LogP contribution in [0.3, 0.4) is 0 Å². The average molecular weight is 397 g/mol. The summed E-state index contributed by atoms with van der Waals surface area (Å²) in [5.74, 6) is 0.745. The molecule has 0 aliphatic carbocycles. The SMILES string of the molecule is CCNC(=NCc1ccccc1OCC(F)(F)F)NCc1c(C)nn(C)c1C. The van der Waals surface area contributed by atoms with Crippen molar-refractivity contribution in [1.29, 1.82) is 0 Å². The Bertz CT molecular complexity index is 814. The summed E-state index contributed by atoms with van der Waals surface area (Å²) in [5, 5.41) is 10.8. The first-order chi connectivity index (χ1) is 13.2. The summed E-state index contributed by atoms with van der Waals surface area (Å²) in [6, 6.07) is 6.60. The predicted octanol–water partition coefficient (Wildman–Crippen LogP) is 3.23. The maximum Gasteiger partial charge on any atom is 0.422 e. The first kappa shape index (κ1) is 21.6. The molecule has 0 amide bonds. The van der Waals surface area contributed by atoms with Gasteiger partial charge < -0.3 is 15.4 Å². The summed E-state index contributed by atoms with van der Waals surface area (Å²) in [7, 11) is 1.89. The van der Waals surface area contributed by atoms with E-state index in [2.05, 4.69) is 20.7 Å². The van der Waals surface area contributed by atoms with E-state index < -0.39 is 12.8 Å². The largest absolute Gasteiger partial charge is 0.484 e. The molecule has 0 aliphatic rings. The third kappa shape index (κ3) is 6.17. The minimum Gasteiger partial charge on any atom is -0.484 e. The Morgan fingerprint density at radius 1 is 1.21 bits per heavy atom. The number of aromatic nitrogens is 2. The van der Waals surface area contributed by atoms with Gasteiger partial charge in [0.1, 0.15) is 5.75 Å². The number of hydrogen-bond acceptors (Lipinski definition) is 3. The van der Waals surface area contributed by atoms with Crippen LogP contribution >= 0.6 is 0 Å². The summed E-state index contributed by atoms with van der Waals surface area (Å²) >= 11 is 0. The van der Waals surface area contributed by atoms with Crippen molar-refractivity contribution in [2.24, 2.45) is 12.0 Å². The van der Waals surface area contributed by atoms with E-state index in [1.165, 1.54) is 6.07 Å². The molecule has 1 aromatic carbocycles. The Balaban J connectivity index is 2.08. The molecule has 0 saturated carbocycles. The van der Waals surface area contributed by atoms with Crippen molar-refractivity contribution in [3.8, 4) is 5.75 Å². The van der Waals surface area contributed by atoms with Gasteiger partial charge in [-0.3, -0.25) is 4.68 Å². The molecule has 154 valence electrons. The summed E-state index contributed by atoms with van der Waals surface area (Å²) < 4.78 is 44.0. The molecule has 1 aromatic heterocycles. The molecule has 0 spiro atoms. The molecular formula is C19H26F3N5O. The number of para-hydroxylation sites is 1. The number of aliphatic imine (C=N–C) groups is 1. The van der Waals surface area contributed by atoms with E-state index in [-0.39, 0.29) is 12.3 Å². The lowest BCUT2D eigenvalue weighted by Gasteiger charge is -2.14. The van der Waals surface area contributed by atoms with Crippen LogP contribution in [0.2, 0.25) is 0 Å². The zero-order valence-electron chi connectivity index (χ0n) is 16.5. The smallest absolute Gasteiger partial charge is 0.422 e. The number of halogens is 3. The maximum absolute atomic E-state index is 12.4. The summed E-state index contributed by atoms with van der Waals surface area (Å²) in [6.07, 6.45) is -4.38. The number of alkyl halides is 3. The minimum absolute atomic E-state index is 0.179. The lowest BCUT2D eigenvalue weighted by atomic mass is 10.2. The number of benzene rings is 1. The van der Waals surface area contributed by atoms with Crippen molar-refractivity contribution in [3.63, 3.8) is 0 Å². The molecule has 28 heavy (non-hydrogen) atoms. The molecule has 9 heteroatoms. The molecule has 0 unspecified atom stereocenters. The van der Waals surface area contributed by atoms with Crippen LogP contribution in [0.5, 0.6) is 5.75 Å². The van der Waals surface area contributed by atoms with Gasteiger partial charge in [0.2, 0.25) is 0 Å². The topological polar surface area (TPSA) is 63.5 Å². The van der Waals surface area contributed by atoms with Gasteiger partial charge in [0.15, 0.2) is 12.6 Å². The van der Waals surface area contributed by atoms with Gasteiger partial charge in [-0.25, -0.2) is 4.99 Å². The molecule has 2 aromatic rings. The second kappa shape index (κ2) is 9.48. The summed E-state index contributed by atoms with van der Waals surface area (Å²) in [6.45, 7) is 5.95. The molecule has 0 radical (unpaired) electrons. The molecule has 0 aliphatic heterocycles. The molecule has 6 nitrogen and oxygen atoms in total. The second-order valence-electron chi connectivity index (χ2n) is 6.33. The number of nitrogens with one attached hydrogen (secondary N) is 2. The van der Waals surface area contributed by atoms with E-state index in [0.29, 0.717) is 24.6 Å². The number of guanidine groups is 1. The fourth-order valence-corrected chi connectivity index (χ4v) is 2.69. The van der Waals surface area contributed by atoms with E-state index in [0.717, 1.165) is 17.0 Å². The van der Waals surface area contributed by atoms with Crippen LogP contribution in [-0.2, 0) is 20.1 Å². The van der Waals surface area contributed by atoms with E-state index in [9.17, 15) is 13.2 Å². The zero-order valence-corrected chi connectivity index (χ0v) is 16.5. The van der Waals surface area contributed by atoms with Crippen molar-refractivity contribution >= 4 is 5.96 Å². The van der Waals surface area contributed by atoms with Crippen molar-refractivity contribution < 1.29 is 17.9 Å². The molecule has 0 saturated heterocycles. The lowest BCUT2D eigenvalue weighted by molar-refractivity contribution is -0.153. The lowest BCUT2D eigenvalue weighted by Crippen LogP contribution is -2.37. The summed E-state index contributed by atoms with van der Waals surface area (Å²) in [5.41, 5.74) is 3.67. The highest BCUT2D eigenvalue weighted by molar-refractivity contribution is 5.79. The fraction of sp³-hybridized carbons (Fsp3) is 0.474. The van der Waals surface area contributed by atoms with E-state index >= 15 is 0 Å². The summed E-state index contributed by atoms with van der Waals surface area (Å²) in [4.78, 5) is 4.48. The molecule has 1 heterocycles. The normalized spacial score (nSPS) is 12.2. The van der Waals surface area contributed by atoms with Crippen molar-refractivity contribution in [1.82, 2.24) is 20.4 Å². The van der Waals surface area contributed by atoms with Gasteiger partial charge in [0.25, 0.3) is 0 Å². The van der Waals surface area contributed by atoms with E-state index in [1.54, 1.807) is 18.2 Å². The van der Waals surface area contributed by atoms with Crippen LogP contribution < -0.4 is 15.4 Å². The quantitative estimate of drug-likeness (QED) is 0.556. The Morgan fingerprint density at radius 3 is 2.54 bits per heavy atom. The third-order valence-corrected chi connectivity index (χ3v) is 4.21. The average Bonchev–Trinajstić information content (AvgIpc) is 2.87. The molecule has 0 bridgehead atoms. The fourth-order valence-electron chi connectivity index (χ4n) is 2.69. The minimum atomic E-state index is -4.38. The Hall–Kier alpha value is -2.71. The van der Waals surface area contributed by atoms with E-state index in [1.807, 2.05) is 32.5 Å². The zero-order chi connectivity index (χ0) is 20.7. The van der Waals surface area contributed by atoms with Gasteiger partial charge >= 0.3 is 6.18 Å². The molecule has 0 fully saturated rings. The number of nitrogens with zero attached hydrogens (tertiary/aromatic N) is 3. The molecule has 2 N–H and O–H groups in total. The first-order valence-corrected chi connectivity index (χ1v) is 9.00. The highest BCUT2D eigenvalue weighted by Gasteiger charge is 2.28. The molecular weight excluding hydrogens is 371 g/mol. The van der Waals surface area contributed by atoms with Crippen LogP contribution in [0.15, 0.2) is 29.3 Å². The van der Waals surface area contributed by atoms with Gasteiger partial charge in [-0.15, -0.1) is 0 Å². The van der Waals surface area contributed by atoms with Crippen LogP contribution in [0.1, 0.15) is 29.4 Å².